The molecule has 2 N–H and O–H groups in total. The molecule has 1 aromatic heterocycles. The third-order valence-electron chi connectivity index (χ3n) is 5.44. The number of hydrogen-bond acceptors (Lipinski definition) is 4. The van der Waals surface area contributed by atoms with Crippen molar-refractivity contribution in [3.63, 3.8) is 0 Å². The number of carbonyl (C=O) groups excluding carboxylic acids is 1. The summed E-state index contributed by atoms with van der Waals surface area (Å²) in [6, 6.07) is 8.57. The fraction of sp³-hybridized carbons (Fsp3) is 0.500. The van der Waals surface area contributed by atoms with E-state index < -0.39 is 0 Å². The van der Waals surface area contributed by atoms with Gasteiger partial charge in [-0.05, 0) is 68.2 Å². The first-order valence-electron chi connectivity index (χ1n) is 9.33. The number of carbonyl (C=O) groups is 1. The van der Waals surface area contributed by atoms with Crippen molar-refractivity contribution in [1.82, 2.24) is 10.3 Å². The number of hydrogen-bond donors (Lipinski definition) is 2. The van der Waals surface area contributed by atoms with E-state index in [-0.39, 0.29) is 5.91 Å². The maximum Gasteiger partial charge on any atom is 0.226 e. The first-order valence-corrected chi connectivity index (χ1v) is 10.2. The normalized spacial score (nSPS) is 20.9. The molecule has 0 spiro atoms. The molecule has 4 rings (SSSR count). The highest BCUT2D eigenvalue weighted by Gasteiger charge is 2.23. The third kappa shape index (κ3) is 3.93. The van der Waals surface area contributed by atoms with Gasteiger partial charge in [-0.1, -0.05) is 24.3 Å². The fourth-order valence-corrected chi connectivity index (χ4v) is 5.10. The van der Waals surface area contributed by atoms with E-state index in [9.17, 15) is 4.79 Å². The maximum absolute atomic E-state index is 12.5. The van der Waals surface area contributed by atoms with E-state index in [1.807, 2.05) is 6.20 Å². The van der Waals surface area contributed by atoms with E-state index in [4.69, 9.17) is 0 Å². The van der Waals surface area contributed by atoms with E-state index in [1.165, 1.54) is 22.4 Å². The second-order valence-corrected chi connectivity index (χ2v) is 8.19. The summed E-state index contributed by atoms with van der Waals surface area (Å²) in [5.74, 6) is 1.02. The molecule has 1 aromatic carbocycles. The first-order chi connectivity index (χ1) is 12.3. The Morgan fingerprint density at radius 3 is 2.96 bits per heavy atom. The molecule has 2 aromatic rings. The highest BCUT2D eigenvalue weighted by Crippen LogP contribution is 2.35. The molecule has 0 bridgehead atoms. The second-order valence-electron chi connectivity index (χ2n) is 7.13. The van der Waals surface area contributed by atoms with Crippen LogP contribution in [0.2, 0.25) is 0 Å². The number of piperidine rings is 1. The van der Waals surface area contributed by atoms with Crippen LogP contribution in [0.5, 0.6) is 0 Å². The molecular weight excluding hydrogens is 330 g/mol. The van der Waals surface area contributed by atoms with E-state index in [0.717, 1.165) is 43.9 Å². The smallest absolute Gasteiger partial charge is 0.226 e. The summed E-state index contributed by atoms with van der Waals surface area (Å²) in [6.07, 6.45) is 8.24. The Hall–Kier alpha value is -1.72. The zero-order valence-corrected chi connectivity index (χ0v) is 15.3. The molecule has 1 saturated heterocycles. The zero-order valence-electron chi connectivity index (χ0n) is 14.5. The first kappa shape index (κ1) is 16.7. The van der Waals surface area contributed by atoms with Gasteiger partial charge in [-0.25, -0.2) is 4.98 Å². The van der Waals surface area contributed by atoms with Crippen molar-refractivity contribution in [2.45, 2.75) is 50.4 Å². The van der Waals surface area contributed by atoms with Crippen LogP contribution < -0.4 is 10.6 Å². The number of fused-ring (bicyclic) bond motifs is 1. The largest absolute Gasteiger partial charge is 0.317 e. The molecule has 132 valence electrons. The van der Waals surface area contributed by atoms with Gasteiger partial charge in [0.15, 0.2) is 5.13 Å². The van der Waals surface area contributed by atoms with Gasteiger partial charge in [0.1, 0.15) is 0 Å². The van der Waals surface area contributed by atoms with Crippen molar-refractivity contribution in [2.24, 2.45) is 0 Å². The summed E-state index contributed by atoms with van der Waals surface area (Å²) in [6.45, 7) is 2.15. The Morgan fingerprint density at radius 1 is 1.24 bits per heavy atom. The van der Waals surface area contributed by atoms with Crippen LogP contribution in [-0.2, 0) is 11.2 Å². The van der Waals surface area contributed by atoms with Crippen molar-refractivity contribution < 1.29 is 4.79 Å². The molecule has 0 saturated carbocycles. The molecule has 2 aliphatic rings. The number of aryl methyl sites for hydroxylation is 1. The van der Waals surface area contributed by atoms with Gasteiger partial charge in [0.2, 0.25) is 5.91 Å². The highest BCUT2D eigenvalue weighted by atomic mass is 32.1. The van der Waals surface area contributed by atoms with Crippen LogP contribution >= 0.6 is 11.3 Å². The van der Waals surface area contributed by atoms with Crippen LogP contribution in [0.1, 0.15) is 59.9 Å². The van der Waals surface area contributed by atoms with Crippen LogP contribution in [-0.4, -0.2) is 24.0 Å². The molecule has 1 atom stereocenters. The van der Waals surface area contributed by atoms with Crippen LogP contribution in [0.4, 0.5) is 5.13 Å². The summed E-state index contributed by atoms with van der Waals surface area (Å²) < 4.78 is 0. The lowest BCUT2D eigenvalue weighted by molar-refractivity contribution is -0.116. The zero-order chi connectivity index (χ0) is 17.1. The lowest BCUT2D eigenvalue weighted by atomic mass is 9.81. The SMILES string of the molecule is O=C(CC1CCCc2ccccc21)Nc1ncc(C2CCNCC2)s1. The number of anilines is 1. The summed E-state index contributed by atoms with van der Waals surface area (Å²) in [5, 5.41) is 7.18. The highest BCUT2D eigenvalue weighted by molar-refractivity contribution is 7.15. The Labute approximate surface area is 153 Å². The molecule has 0 radical (unpaired) electrons. The molecule has 1 aliphatic carbocycles. The molecule has 1 fully saturated rings. The van der Waals surface area contributed by atoms with Crippen LogP contribution in [0.15, 0.2) is 30.5 Å². The monoisotopic (exact) mass is 355 g/mol. The Morgan fingerprint density at radius 2 is 2.08 bits per heavy atom. The molecule has 4 nitrogen and oxygen atoms in total. The number of aromatic nitrogens is 1. The minimum atomic E-state index is 0.0907. The average Bonchev–Trinajstić information content (AvgIpc) is 3.11. The van der Waals surface area contributed by atoms with Crippen molar-refractivity contribution in [1.29, 1.82) is 0 Å². The second kappa shape index (κ2) is 7.67. The van der Waals surface area contributed by atoms with Crippen molar-refractivity contribution >= 4 is 22.4 Å². The summed E-state index contributed by atoms with van der Waals surface area (Å²) in [7, 11) is 0. The number of benzene rings is 1. The van der Waals surface area contributed by atoms with Crippen LogP contribution in [0, 0.1) is 0 Å². The fourth-order valence-electron chi connectivity index (χ4n) is 4.10. The molecule has 5 heteroatoms. The maximum atomic E-state index is 12.5. The molecular formula is C20H25N3OS. The van der Waals surface area contributed by atoms with Gasteiger partial charge in [-0.2, -0.15) is 0 Å². The quantitative estimate of drug-likeness (QED) is 0.870. The minimum absolute atomic E-state index is 0.0907. The van der Waals surface area contributed by atoms with Crippen molar-refractivity contribution in [2.75, 3.05) is 18.4 Å². The van der Waals surface area contributed by atoms with E-state index in [0.29, 0.717) is 18.3 Å². The molecule has 1 amide bonds. The molecule has 25 heavy (non-hydrogen) atoms. The Kier molecular flexibility index (Phi) is 5.13. The number of rotatable bonds is 4. The summed E-state index contributed by atoms with van der Waals surface area (Å²) >= 11 is 1.64. The number of thiazole rings is 1. The van der Waals surface area contributed by atoms with Crippen molar-refractivity contribution in [3.05, 3.63) is 46.5 Å². The van der Waals surface area contributed by atoms with Gasteiger partial charge in [-0.3, -0.25) is 4.79 Å². The van der Waals surface area contributed by atoms with Gasteiger partial charge < -0.3 is 10.6 Å². The average molecular weight is 356 g/mol. The topological polar surface area (TPSA) is 54.0 Å². The van der Waals surface area contributed by atoms with E-state index >= 15 is 0 Å². The van der Waals surface area contributed by atoms with Gasteiger partial charge in [0.25, 0.3) is 0 Å². The van der Waals surface area contributed by atoms with Gasteiger partial charge in [-0.15, -0.1) is 11.3 Å². The number of nitrogens with zero attached hydrogens (tertiary/aromatic N) is 1. The number of nitrogens with one attached hydrogen (secondary N) is 2. The lowest BCUT2D eigenvalue weighted by Crippen LogP contribution is -2.26. The predicted octanol–water partition coefficient (Wildman–Crippen LogP) is 4.06. The van der Waals surface area contributed by atoms with Gasteiger partial charge >= 0.3 is 0 Å². The minimum Gasteiger partial charge on any atom is -0.317 e. The Balaban J connectivity index is 1.37. The van der Waals surface area contributed by atoms with Crippen molar-refractivity contribution in [3.8, 4) is 0 Å². The Bertz CT molecular complexity index is 736. The third-order valence-corrected chi connectivity index (χ3v) is 6.51. The van der Waals surface area contributed by atoms with Gasteiger partial charge in [0.05, 0.1) is 0 Å². The summed E-state index contributed by atoms with van der Waals surface area (Å²) in [4.78, 5) is 18.3. The molecule has 1 unspecified atom stereocenters. The molecule has 2 heterocycles. The lowest BCUT2D eigenvalue weighted by Gasteiger charge is -2.24. The van der Waals surface area contributed by atoms with E-state index in [1.54, 1.807) is 11.3 Å². The summed E-state index contributed by atoms with van der Waals surface area (Å²) in [5.41, 5.74) is 2.77. The van der Waals surface area contributed by atoms with E-state index in [2.05, 4.69) is 39.9 Å². The van der Waals surface area contributed by atoms with Crippen LogP contribution in [0.3, 0.4) is 0 Å². The number of amides is 1. The van der Waals surface area contributed by atoms with Gasteiger partial charge in [0, 0.05) is 17.5 Å². The van der Waals surface area contributed by atoms with Crippen LogP contribution in [0.25, 0.3) is 0 Å². The standard InChI is InChI=1S/C20H25N3OS/c24-19(12-16-6-3-5-14-4-1-2-7-17(14)16)23-20-22-13-18(25-20)15-8-10-21-11-9-15/h1-2,4,7,13,15-16,21H,3,5-6,8-12H2,(H,22,23,24). The molecule has 1 aliphatic heterocycles. The predicted molar refractivity (Wildman–Crippen MR) is 102 cm³/mol.